The third-order valence-electron chi connectivity index (χ3n) is 3.78. The van der Waals surface area contributed by atoms with E-state index >= 15 is 0 Å². The van der Waals surface area contributed by atoms with Gasteiger partial charge in [0.25, 0.3) is 0 Å². The summed E-state index contributed by atoms with van der Waals surface area (Å²) in [5.74, 6) is 0.723. The van der Waals surface area contributed by atoms with Crippen molar-refractivity contribution in [3.63, 3.8) is 0 Å². The summed E-state index contributed by atoms with van der Waals surface area (Å²) in [6.07, 6.45) is 4.03. The first-order chi connectivity index (χ1) is 9.22. The normalized spacial score (nSPS) is 20.6. The molecule has 1 amide bonds. The molecule has 0 atom stereocenters. The molecular formula is C14H18BrN3O. The zero-order valence-electron chi connectivity index (χ0n) is 10.9. The number of hydrogen-bond acceptors (Lipinski definition) is 3. The third-order valence-corrected chi connectivity index (χ3v) is 4.25. The SMILES string of the molecule is O=C(C1CC1)N1CCN(Cc2ccc(Br)cn2)CC1. The van der Waals surface area contributed by atoms with Crippen molar-refractivity contribution in [1.29, 1.82) is 0 Å². The van der Waals surface area contributed by atoms with Gasteiger partial charge in [-0.2, -0.15) is 0 Å². The number of piperazine rings is 1. The van der Waals surface area contributed by atoms with E-state index in [2.05, 4.69) is 25.8 Å². The van der Waals surface area contributed by atoms with Crippen molar-refractivity contribution in [2.24, 2.45) is 5.92 Å². The molecule has 1 aromatic rings. The number of carbonyl (C=O) groups excluding carboxylic acids is 1. The molecule has 1 saturated carbocycles. The van der Waals surface area contributed by atoms with Gasteiger partial charge in [0, 0.05) is 49.3 Å². The summed E-state index contributed by atoms with van der Waals surface area (Å²) in [4.78, 5) is 20.7. The topological polar surface area (TPSA) is 36.4 Å². The average Bonchev–Trinajstić information content (AvgIpc) is 3.26. The molecule has 1 aromatic heterocycles. The lowest BCUT2D eigenvalue weighted by Gasteiger charge is -2.34. The highest BCUT2D eigenvalue weighted by Gasteiger charge is 2.34. The Balaban J connectivity index is 1.49. The van der Waals surface area contributed by atoms with E-state index in [4.69, 9.17) is 0 Å². The first-order valence-corrected chi connectivity index (χ1v) is 7.63. The van der Waals surface area contributed by atoms with E-state index < -0.39 is 0 Å². The zero-order valence-corrected chi connectivity index (χ0v) is 12.5. The lowest BCUT2D eigenvalue weighted by Crippen LogP contribution is -2.48. The first kappa shape index (κ1) is 13.1. The van der Waals surface area contributed by atoms with Crippen molar-refractivity contribution in [2.75, 3.05) is 26.2 Å². The van der Waals surface area contributed by atoms with Crippen molar-refractivity contribution in [3.8, 4) is 0 Å². The molecule has 2 aliphatic rings. The molecule has 102 valence electrons. The van der Waals surface area contributed by atoms with Crippen LogP contribution in [0, 0.1) is 5.92 Å². The molecule has 2 fully saturated rings. The van der Waals surface area contributed by atoms with Crippen molar-refractivity contribution in [1.82, 2.24) is 14.8 Å². The van der Waals surface area contributed by atoms with Crippen LogP contribution < -0.4 is 0 Å². The molecule has 4 nitrogen and oxygen atoms in total. The highest BCUT2D eigenvalue weighted by atomic mass is 79.9. The van der Waals surface area contributed by atoms with Crippen LogP contribution in [0.2, 0.25) is 0 Å². The Morgan fingerprint density at radius 2 is 2.00 bits per heavy atom. The van der Waals surface area contributed by atoms with Gasteiger partial charge in [0.15, 0.2) is 0 Å². The van der Waals surface area contributed by atoms with Gasteiger partial charge in [-0.3, -0.25) is 14.7 Å². The minimum atomic E-state index is 0.347. The Hall–Kier alpha value is -0.940. The fraction of sp³-hybridized carbons (Fsp3) is 0.571. The van der Waals surface area contributed by atoms with E-state index in [-0.39, 0.29) is 0 Å². The number of aromatic nitrogens is 1. The summed E-state index contributed by atoms with van der Waals surface area (Å²) < 4.78 is 1.01. The number of halogens is 1. The molecule has 2 heterocycles. The molecule has 19 heavy (non-hydrogen) atoms. The summed E-state index contributed by atoms with van der Waals surface area (Å²) >= 11 is 3.39. The molecule has 1 aliphatic heterocycles. The molecule has 0 radical (unpaired) electrons. The molecule has 0 spiro atoms. The number of nitrogens with zero attached hydrogens (tertiary/aromatic N) is 3. The third kappa shape index (κ3) is 3.34. The second-order valence-corrected chi connectivity index (χ2v) is 6.26. The smallest absolute Gasteiger partial charge is 0.225 e. The number of amides is 1. The number of carbonyl (C=O) groups is 1. The lowest BCUT2D eigenvalue weighted by atomic mass is 10.2. The molecule has 3 rings (SSSR count). The van der Waals surface area contributed by atoms with Crippen LogP contribution in [0.4, 0.5) is 0 Å². The Bertz CT molecular complexity index is 450. The monoisotopic (exact) mass is 323 g/mol. The van der Waals surface area contributed by atoms with Crippen LogP contribution >= 0.6 is 15.9 Å². The Morgan fingerprint density at radius 1 is 1.26 bits per heavy atom. The largest absolute Gasteiger partial charge is 0.340 e. The van der Waals surface area contributed by atoms with Crippen molar-refractivity contribution < 1.29 is 4.79 Å². The lowest BCUT2D eigenvalue weighted by molar-refractivity contribution is -0.134. The standard InChI is InChI=1S/C14H18BrN3O/c15-12-3-4-13(16-9-12)10-17-5-7-18(8-6-17)14(19)11-1-2-11/h3-4,9,11H,1-2,5-8,10H2. The summed E-state index contributed by atoms with van der Waals surface area (Å²) in [6.45, 7) is 4.52. The molecule has 0 N–H and O–H groups in total. The highest BCUT2D eigenvalue weighted by Crippen LogP contribution is 2.31. The maximum absolute atomic E-state index is 12.0. The Labute approximate surface area is 121 Å². The first-order valence-electron chi connectivity index (χ1n) is 6.84. The second-order valence-electron chi connectivity index (χ2n) is 5.34. The molecule has 1 aliphatic carbocycles. The predicted octanol–water partition coefficient (Wildman–Crippen LogP) is 1.90. The van der Waals surface area contributed by atoms with Gasteiger partial charge >= 0.3 is 0 Å². The predicted molar refractivity (Wildman–Crippen MR) is 76.5 cm³/mol. The second kappa shape index (κ2) is 5.59. The summed E-state index contributed by atoms with van der Waals surface area (Å²) in [5.41, 5.74) is 1.09. The maximum atomic E-state index is 12.0. The van der Waals surface area contributed by atoms with Crippen LogP contribution in [0.3, 0.4) is 0 Å². The van der Waals surface area contributed by atoms with E-state index in [1.807, 2.05) is 23.2 Å². The summed E-state index contributed by atoms with van der Waals surface area (Å²) in [6, 6.07) is 4.07. The highest BCUT2D eigenvalue weighted by molar-refractivity contribution is 9.10. The Kier molecular flexibility index (Phi) is 3.84. The summed E-state index contributed by atoms with van der Waals surface area (Å²) in [7, 11) is 0. The molecular weight excluding hydrogens is 306 g/mol. The van der Waals surface area contributed by atoms with E-state index in [0.29, 0.717) is 11.8 Å². The zero-order chi connectivity index (χ0) is 13.2. The molecule has 1 saturated heterocycles. The van der Waals surface area contributed by atoms with Gasteiger partial charge in [-0.25, -0.2) is 0 Å². The van der Waals surface area contributed by atoms with E-state index in [9.17, 15) is 4.79 Å². The van der Waals surface area contributed by atoms with Gasteiger partial charge in [0.1, 0.15) is 0 Å². The quantitative estimate of drug-likeness (QED) is 0.852. The average molecular weight is 324 g/mol. The van der Waals surface area contributed by atoms with E-state index in [1.54, 1.807) is 0 Å². The molecule has 0 unspecified atom stereocenters. The maximum Gasteiger partial charge on any atom is 0.225 e. The number of rotatable bonds is 3. The minimum Gasteiger partial charge on any atom is -0.340 e. The Morgan fingerprint density at radius 3 is 2.58 bits per heavy atom. The van der Waals surface area contributed by atoms with Crippen molar-refractivity contribution >= 4 is 21.8 Å². The van der Waals surface area contributed by atoms with Crippen LogP contribution in [-0.2, 0) is 11.3 Å². The molecule has 5 heteroatoms. The van der Waals surface area contributed by atoms with Crippen LogP contribution in [0.5, 0.6) is 0 Å². The van der Waals surface area contributed by atoms with Crippen LogP contribution in [0.25, 0.3) is 0 Å². The van der Waals surface area contributed by atoms with Crippen LogP contribution in [-0.4, -0.2) is 46.9 Å². The number of hydrogen-bond donors (Lipinski definition) is 0. The van der Waals surface area contributed by atoms with Crippen LogP contribution in [0.1, 0.15) is 18.5 Å². The van der Waals surface area contributed by atoms with Gasteiger partial charge in [-0.05, 0) is 40.9 Å². The van der Waals surface area contributed by atoms with Gasteiger partial charge in [0.2, 0.25) is 5.91 Å². The molecule has 0 aromatic carbocycles. The summed E-state index contributed by atoms with van der Waals surface area (Å²) in [5, 5.41) is 0. The fourth-order valence-electron chi connectivity index (χ4n) is 2.44. The van der Waals surface area contributed by atoms with E-state index in [0.717, 1.165) is 55.7 Å². The van der Waals surface area contributed by atoms with Crippen molar-refractivity contribution in [2.45, 2.75) is 19.4 Å². The fourth-order valence-corrected chi connectivity index (χ4v) is 2.68. The van der Waals surface area contributed by atoms with E-state index in [1.165, 1.54) is 0 Å². The van der Waals surface area contributed by atoms with Gasteiger partial charge in [-0.15, -0.1) is 0 Å². The van der Waals surface area contributed by atoms with Gasteiger partial charge in [-0.1, -0.05) is 0 Å². The number of pyridine rings is 1. The van der Waals surface area contributed by atoms with Gasteiger partial charge in [0.05, 0.1) is 5.69 Å². The molecule has 0 bridgehead atoms. The van der Waals surface area contributed by atoms with Gasteiger partial charge < -0.3 is 4.90 Å². The minimum absolute atomic E-state index is 0.347. The van der Waals surface area contributed by atoms with Crippen LogP contribution in [0.15, 0.2) is 22.8 Å². The van der Waals surface area contributed by atoms with Crippen molar-refractivity contribution in [3.05, 3.63) is 28.5 Å².